The van der Waals surface area contributed by atoms with Crippen LogP contribution in [0.2, 0.25) is 0 Å². The van der Waals surface area contributed by atoms with Gasteiger partial charge in [0.1, 0.15) is 5.75 Å². The first kappa shape index (κ1) is 17.4. The van der Waals surface area contributed by atoms with Crippen LogP contribution in [0.25, 0.3) is 0 Å². The fraction of sp³-hybridized carbons (Fsp3) is 0.136. The van der Waals surface area contributed by atoms with Crippen LogP contribution in [0.15, 0.2) is 65.7 Å². The number of rotatable bonds is 4. The summed E-state index contributed by atoms with van der Waals surface area (Å²) in [5, 5.41) is 12.7. The van der Waals surface area contributed by atoms with Crippen molar-refractivity contribution in [2.45, 2.75) is 20.8 Å². The minimum absolute atomic E-state index is 0.392. The summed E-state index contributed by atoms with van der Waals surface area (Å²) >= 11 is 0. The highest BCUT2D eigenvalue weighted by atomic mass is 31.1. The lowest BCUT2D eigenvalue weighted by atomic mass is 10.1. The highest BCUT2D eigenvalue weighted by Gasteiger charge is 2.11. The van der Waals surface area contributed by atoms with Crippen molar-refractivity contribution < 1.29 is 5.11 Å². The molecule has 0 saturated heterocycles. The Morgan fingerprint density at radius 1 is 0.880 bits per heavy atom. The largest absolute Gasteiger partial charge is 0.507 e. The number of aromatic hydroxyl groups is 1. The van der Waals surface area contributed by atoms with E-state index in [0.29, 0.717) is 14.3 Å². The number of hydrogen-bond donors (Lipinski definition) is 1. The number of hydrogen-bond acceptors (Lipinski definition) is 2. The third-order valence-electron chi connectivity index (χ3n) is 4.12. The first-order chi connectivity index (χ1) is 12.0. The molecular weight excluding hydrogens is 325 g/mol. The molecule has 1 atom stereocenters. The van der Waals surface area contributed by atoms with Gasteiger partial charge in [0.25, 0.3) is 0 Å². The average molecular weight is 347 g/mol. The van der Waals surface area contributed by atoms with Crippen molar-refractivity contribution in [3.63, 3.8) is 0 Å². The number of para-hydroxylation sites is 1. The average Bonchev–Trinajstić information content (AvgIpc) is 2.60. The van der Waals surface area contributed by atoms with Gasteiger partial charge >= 0.3 is 0 Å². The third-order valence-corrected chi connectivity index (χ3v) is 5.70. The van der Waals surface area contributed by atoms with Crippen molar-refractivity contribution >= 4 is 31.1 Å². The summed E-state index contributed by atoms with van der Waals surface area (Å²) in [5.74, 6) is 0.401. The van der Waals surface area contributed by atoms with Crippen molar-refractivity contribution in [3.8, 4) is 5.75 Å². The Balaban J connectivity index is 1.98. The molecule has 126 valence electrons. The quantitative estimate of drug-likeness (QED) is 0.539. The van der Waals surface area contributed by atoms with Crippen LogP contribution in [-0.2, 0) is 0 Å². The fourth-order valence-corrected chi connectivity index (χ4v) is 4.27. The van der Waals surface area contributed by atoms with Crippen LogP contribution >= 0.6 is 8.58 Å². The summed E-state index contributed by atoms with van der Waals surface area (Å²) in [6.07, 6.45) is 1.92. The second-order valence-corrected chi connectivity index (χ2v) is 7.52. The lowest BCUT2D eigenvalue weighted by molar-refractivity contribution is 0.475. The van der Waals surface area contributed by atoms with Crippen LogP contribution in [0.3, 0.4) is 0 Å². The van der Waals surface area contributed by atoms with Gasteiger partial charge in [-0.05, 0) is 61.0 Å². The van der Waals surface area contributed by atoms with Crippen molar-refractivity contribution in [2.24, 2.45) is 4.99 Å². The van der Waals surface area contributed by atoms with E-state index in [0.717, 1.165) is 22.1 Å². The minimum Gasteiger partial charge on any atom is -0.507 e. The second kappa shape index (κ2) is 7.63. The molecule has 0 amide bonds. The molecule has 0 fully saturated rings. The predicted octanol–water partition coefficient (Wildman–Crippen LogP) is 4.70. The molecule has 0 spiro atoms. The van der Waals surface area contributed by atoms with E-state index in [4.69, 9.17) is 0 Å². The Labute approximate surface area is 151 Å². The smallest absolute Gasteiger partial charge is 0.126 e. The highest BCUT2D eigenvalue weighted by Crippen LogP contribution is 2.25. The Morgan fingerprint density at radius 2 is 1.64 bits per heavy atom. The molecule has 0 aromatic heterocycles. The zero-order chi connectivity index (χ0) is 17.8. The molecule has 0 aliphatic heterocycles. The van der Waals surface area contributed by atoms with Gasteiger partial charge in [0.05, 0.1) is 5.69 Å². The normalized spacial score (nSPS) is 11.6. The Kier molecular flexibility index (Phi) is 5.31. The molecule has 0 radical (unpaired) electrons. The van der Waals surface area contributed by atoms with E-state index in [1.165, 1.54) is 16.4 Å². The van der Waals surface area contributed by atoms with Gasteiger partial charge in [-0.2, -0.15) is 0 Å². The summed E-state index contributed by atoms with van der Waals surface area (Å²) < 4.78 is 0. The molecule has 2 nitrogen and oxygen atoms in total. The predicted molar refractivity (Wildman–Crippen MR) is 110 cm³/mol. The van der Waals surface area contributed by atoms with E-state index in [1.54, 1.807) is 0 Å². The maximum absolute atomic E-state index is 10.4. The third kappa shape index (κ3) is 4.15. The van der Waals surface area contributed by atoms with Gasteiger partial charge in [-0.3, -0.25) is 4.99 Å². The first-order valence-corrected chi connectivity index (χ1v) is 9.30. The number of aryl methyl sites for hydroxylation is 3. The van der Waals surface area contributed by atoms with Crippen molar-refractivity contribution in [3.05, 3.63) is 82.9 Å². The van der Waals surface area contributed by atoms with Crippen LogP contribution in [0.5, 0.6) is 5.75 Å². The maximum atomic E-state index is 10.4. The standard InChI is InChI=1S/C22H22NOP/c1-15-12-17(3)21(24)20(13-15)25-22-16(2)8-7-9-18(22)14-23-19-10-5-4-6-11-19/h4-14,24-25H,1-3H3/b23-14+. The van der Waals surface area contributed by atoms with Gasteiger partial charge in [-0.1, -0.05) is 51.0 Å². The van der Waals surface area contributed by atoms with Crippen LogP contribution in [-0.4, -0.2) is 11.3 Å². The lowest BCUT2D eigenvalue weighted by Crippen LogP contribution is -2.13. The van der Waals surface area contributed by atoms with E-state index >= 15 is 0 Å². The van der Waals surface area contributed by atoms with Gasteiger partial charge in [0, 0.05) is 17.1 Å². The molecule has 1 unspecified atom stereocenters. The topological polar surface area (TPSA) is 32.6 Å². The molecule has 3 rings (SSSR count). The first-order valence-electron chi connectivity index (χ1n) is 8.30. The van der Waals surface area contributed by atoms with Gasteiger partial charge in [-0.25, -0.2) is 0 Å². The Bertz CT molecular complexity index is 917. The van der Waals surface area contributed by atoms with Gasteiger partial charge in [-0.15, -0.1) is 0 Å². The summed E-state index contributed by atoms with van der Waals surface area (Å²) in [6, 6.07) is 20.3. The van der Waals surface area contributed by atoms with Gasteiger partial charge in [0.2, 0.25) is 0 Å². The van der Waals surface area contributed by atoms with E-state index < -0.39 is 0 Å². The summed E-state index contributed by atoms with van der Waals surface area (Å²) in [6.45, 7) is 6.13. The maximum Gasteiger partial charge on any atom is 0.126 e. The monoisotopic (exact) mass is 347 g/mol. The highest BCUT2D eigenvalue weighted by molar-refractivity contribution is 7.56. The number of benzene rings is 3. The van der Waals surface area contributed by atoms with E-state index in [-0.39, 0.29) is 0 Å². The summed E-state index contributed by atoms with van der Waals surface area (Å²) in [7, 11) is 0.392. The molecule has 25 heavy (non-hydrogen) atoms. The lowest BCUT2D eigenvalue weighted by Gasteiger charge is -2.13. The van der Waals surface area contributed by atoms with Crippen LogP contribution in [0, 0.1) is 20.8 Å². The zero-order valence-corrected chi connectivity index (χ0v) is 15.7. The van der Waals surface area contributed by atoms with Crippen LogP contribution in [0.4, 0.5) is 5.69 Å². The number of aliphatic imine (C=N–C) groups is 1. The Morgan fingerprint density at radius 3 is 2.40 bits per heavy atom. The molecule has 3 aromatic carbocycles. The molecule has 0 saturated carbocycles. The SMILES string of the molecule is Cc1cc(C)c(O)c(Pc2c(C)cccc2/C=N/c2ccccc2)c1. The van der Waals surface area contributed by atoms with Crippen molar-refractivity contribution in [1.29, 1.82) is 0 Å². The number of nitrogens with zero attached hydrogens (tertiary/aromatic N) is 1. The molecule has 3 aromatic rings. The Hall–Kier alpha value is -2.44. The molecular formula is C22H22NOP. The fourth-order valence-electron chi connectivity index (χ4n) is 2.82. The zero-order valence-electron chi connectivity index (χ0n) is 14.7. The molecule has 0 bridgehead atoms. The molecule has 0 aliphatic rings. The van der Waals surface area contributed by atoms with E-state index in [9.17, 15) is 5.11 Å². The summed E-state index contributed by atoms with van der Waals surface area (Å²) in [5.41, 5.74) is 5.35. The number of phenols is 1. The minimum atomic E-state index is 0.392. The van der Waals surface area contributed by atoms with E-state index in [1.807, 2.05) is 49.5 Å². The van der Waals surface area contributed by atoms with Crippen molar-refractivity contribution in [1.82, 2.24) is 0 Å². The molecule has 3 heteroatoms. The molecule has 1 N–H and O–H groups in total. The van der Waals surface area contributed by atoms with Crippen LogP contribution < -0.4 is 10.6 Å². The molecule has 0 aliphatic carbocycles. The second-order valence-electron chi connectivity index (χ2n) is 6.24. The number of phenolic OH excluding ortho intramolecular Hbond substituents is 1. The van der Waals surface area contributed by atoms with Gasteiger partial charge < -0.3 is 5.11 Å². The van der Waals surface area contributed by atoms with Gasteiger partial charge in [0.15, 0.2) is 0 Å². The van der Waals surface area contributed by atoms with Crippen molar-refractivity contribution in [2.75, 3.05) is 0 Å². The van der Waals surface area contributed by atoms with Crippen LogP contribution in [0.1, 0.15) is 22.3 Å². The van der Waals surface area contributed by atoms with E-state index in [2.05, 4.69) is 43.1 Å². The summed E-state index contributed by atoms with van der Waals surface area (Å²) in [4.78, 5) is 4.59. The molecule has 0 heterocycles.